The van der Waals surface area contributed by atoms with Crippen molar-refractivity contribution in [2.45, 2.75) is 16.7 Å². The molecule has 5 heteroatoms. The zero-order valence-corrected chi connectivity index (χ0v) is 9.35. The van der Waals surface area contributed by atoms with E-state index in [1.54, 1.807) is 24.5 Å². The Balaban J connectivity index is 2.28. The molecule has 2 rings (SSSR count). The van der Waals surface area contributed by atoms with Gasteiger partial charge >= 0.3 is 0 Å². The Bertz CT molecular complexity index is 445. The quantitative estimate of drug-likeness (QED) is 0.867. The molecule has 0 saturated heterocycles. The van der Waals surface area contributed by atoms with Crippen LogP contribution in [0.4, 0.5) is 0 Å². The highest BCUT2D eigenvalue weighted by molar-refractivity contribution is 7.99. The van der Waals surface area contributed by atoms with Crippen LogP contribution in [0.5, 0.6) is 0 Å². The minimum atomic E-state index is -0.0242. The molecule has 0 radical (unpaired) electrons. The van der Waals surface area contributed by atoms with Crippen LogP contribution < -0.4 is 0 Å². The molecule has 3 nitrogen and oxygen atoms in total. The van der Waals surface area contributed by atoms with Crippen molar-refractivity contribution in [2.75, 3.05) is 0 Å². The fourth-order valence-corrected chi connectivity index (χ4v) is 2.22. The molecule has 0 amide bonds. The average Bonchev–Trinajstić information content (AvgIpc) is 2.73. The molecule has 0 bridgehead atoms. The van der Waals surface area contributed by atoms with E-state index in [0.717, 1.165) is 15.6 Å². The Morgan fingerprint density at radius 3 is 3.00 bits per heavy atom. The SMILES string of the molecule is OCc1cc(Cl)ccc1Sc1ncc[nH]1. The van der Waals surface area contributed by atoms with E-state index < -0.39 is 0 Å². The summed E-state index contributed by atoms with van der Waals surface area (Å²) in [6, 6.07) is 5.43. The highest BCUT2D eigenvalue weighted by Gasteiger charge is 2.05. The fraction of sp³-hybridized carbons (Fsp3) is 0.100. The Morgan fingerprint density at radius 1 is 1.47 bits per heavy atom. The number of aromatic amines is 1. The molecule has 2 aromatic rings. The van der Waals surface area contributed by atoms with Crippen molar-refractivity contribution < 1.29 is 5.11 Å². The van der Waals surface area contributed by atoms with Crippen molar-refractivity contribution in [1.29, 1.82) is 0 Å². The third-order valence-corrected chi connectivity index (χ3v) is 3.14. The number of H-pyrrole nitrogens is 1. The lowest BCUT2D eigenvalue weighted by atomic mass is 10.2. The first-order valence-electron chi connectivity index (χ1n) is 4.36. The molecule has 1 aromatic carbocycles. The summed E-state index contributed by atoms with van der Waals surface area (Å²) >= 11 is 7.30. The molecule has 0 unspecified atom stereocenters. The lowest BCUT2D eigenvalue weighted by Crippen LogP contribution is -1.87. The second kappa shape index (κ2) is 4.70. The van der Waals surface area contributed by atoms with E-state index in [0.29, 0.717) is 5.02 Å². The van der Waals surface area contributed by atoms with E-state index in [1.807, 2.05) is 6.07 Å². The minimum Gasteiger partial charge on any atom is -0.392 e. The van der Waals surface area contributed by atoms with Gasteiger partial charge in [-0.25, -0.2) is 4.98 Å². The maximum absolute atomic E-state index is 9.17. The maximum Gasteiger partial charge on any atom is 0.170 e. The van der Waals surface area contributed by atoms with E-state index in [4.69, 9.17) is 16.7 Å². The largest absolute Gasteiger partial charge is 0.392 e. The smallest absolute Gasteiger partial charge is 0.170 e. The number of hydrogen-bond acceptors (Lipinski definition) is 3. The number of rotatable bonds is 3. The predicted octanol–water partition coefficient (Wildman–Crippen LogP) is 2.71. The van der Waals surface area contributed by atoms with Gasteiger partial charge in [0.25, 0.3) is 0 Å². The first kappa shape index (κ1) is 10.5. The van der Waals surface area contributed by atoms with Gasteiger partial charge in [0, 0.05) is 22.3 Å². The second-order valence-corrected chi connectivity index (χ2v) is 4.37. The number of benzene rings is 1. The van der Waals surface area contributed by atoms with E-state index in [2.05, 4.69) is 9.97 Å². The van der Waals surface area contributed by atoms with Crippen LogP contribution in [0.2, 0.25) is 5.02 Å². The summed E-state index contributed by atoms with van der Waals surface area (Å²) in [6.45, 7) is -0.0242. The van der Waals surface area contributed by atoms with Gasteiger partial charge in [-0.1, -0.05) is 23.4 Å². The van der Waals surface area contributed by atoms with Crippen molar-refractivity contribution in [2.24, 2.45) is 0 Å². The molecule has 0 aliphatic carbocycles. The van der Waals surface area contributed by atoms with Gasteiger partial charge in [-0.15, -0.1) is 0 Å². The number of halogens is 1. The molecule has 15 heavy (non-hydrogen) atoms. The molecule has 0 aliphatic rings. The number of hydrogen-bond donors (Lipinski definition) is 2. The van der Waals surface area contributed by atoms with Gasteiger partial charge in [0.1, 0.15) is 0 Å². The van der Waals surface area contributed by atoms with Crippen LogP contribution in [0.15, 0.2) is 40.6 Å². The summed E-state index contributed by atoms with van der Waals surface area (Å²) in [7, 11) is 0. The fourth-order valence-electron chi connectivity index (χ4n) is 1.18. The number of aromatic nitrogens is 2. The molecule has 1 heterocycles. The molecule has 1 aromatic heterocycles. The van der Waals surface area contributed by atoms with Gasteiger partial charge in [0.05, 0.1) is 6.61 Å². The lowest BCUT2D eigenvalue weighted by Gasteiger charge is -2.05. The van der Waals surface area contributed by atoms with Crippen LogP contribution in [-0.2, 0) is 6.61 Å². The molecule has 78 valence electrons. The van der Waals surface area contributed by atoms with Gasteiger partial charge in [0.15, 0.2) is 5.16 Å². The third-order valence-electron chi connectivity index (χ3n) is 1.87. The van der Waals surface area contributed by atoms with Crippen LogP contribution in [-0.4, -0.2) is 15.1 Å². The van der Waals surface area contributed by atoms with Crippen molar-refractivity contribution in [1.82, 2.24) is 9.97 Å². The summed E-state index contributed by atoms with van der Waals surface area (Å²) in [5.41, 5.74) is 0.809. The monoisotopic (exact) mass is 240 g/mol. The maximum atomic E-state index is 9.17. The summed E-state index contributed by atoms with van der Waals surface area (Å²) < 4.78 is 0. The number of aliphatic hydroxyl groups excluding tert-OH is 1. The zero-order chi connectivity index (χ0) is 10.7. The molecule has 2 N–H and O–H groups in total. The molecular weight excluding hydrogens is 232 g/mol. The minimum absolute atomic E-state index is 0.0242. The molecule has 0 atom stereocenters. The summed E-state index contributed by atoms with van der Waals surface area (Å²) in [4.78, 5) is 8.05. The van der Waals surface area contributed by atoms with Crippen LogP contribution in [0.1, 0.15) is 5.56 Å². The van der Waals surface area contributed by atoms with Crippen molar-refractivity contribution in [3.8, 4) is 0 Å². The van der Waals surface area contributed by atoms with E-state index >= 15 is 0 Å². The highest BCUT2D eigenvalue weighted by Crippen LogP contribution is 2.29. The first-order chi connectivity index (χ1) is 7.29. The normalized spacial score (nSPS) is 10.5. The van der Waals surface area contributed by atoms with Gasteiger partial charge in [-0.05, 0) is 23.8 Å². The topological polar surface area (TPSA) is 48.9 Å². The number of imidazole rings is 1. The van der Waals surface area contributed by atoms with Gasteiger partial charge in [0.2, 0.25) is 0 Å². The van der Waals surface area contributed by atoms with Crippen LogP contribution in [0, 0.1) is 0 Å². The van der Waals surface area contributed by atoms with Crippen molar-refractivity contribution >= 4 is 23.4 Å². The summed E-state index contributed by atoms with van der Waals surface area (Å²) in [5, 5.41) is 10.6. The van der Waals surface area contributed by atoms with Crippen molar-refractivity contribution in [3.63, 3.8) is 0 Å². The van der Waals surface area contributed by atoms with Crippen LogP contribution in [0.25, 0.3) is 0 Å². The predicted molar refractivity (Wildman–Crippen MR) is 60.1 cm³/mol. The van der Waals surface area contributed by atoms with E-state index in [9.17, 15) is 0 Å². The number of nitrogens with one attached hydrogen (secondary N) is 1. The summed E-state index contributed by atoms with van der Waals surface area (Å²) in [5.74, 6) is 0. The molecule has 0 aliphatic heterocycles. The highest BCUT2D eigenvalue weighted by atomic mass is 35.5. The second-order valence-electron chi connectivity index (χ2n) is 2.91. The van der Waals surface area contributed by atoms with Gasteiger partial charge < -0.3 is 10.1 Å². The Kier molecular flexibility index (Phi) is 3.30. The molecular formula is C10H9ClN2OS. The molecule has 0 spiro atoms. The zero-order valence-electron chi connectivity index (χ0n) is 7.77. The van der Waals surface area contributed by atoms with E-state index in [1.165, 1.54) is 11.8 Å². The Hall–Kier alpha value is -0.970. The van der Waals surface area contributed by atoms with E-state index in [-0.39, 0.29) is 6.61 Å². The van der Waals surface area contributed by atoms with Crippen LogP contribution >= 0.6 is 23.4 Å². The third kappa shape index (κ3) is 2.53. The van der Waals surface area contributed by atoms with Crippen molar-refractivity contribution in [3.05, 3.63) is 41.2 Å². The lowest BCUT2D eigenvalue weighted by molar-refractivity contribution is 0.279. The van der Waals surface area contributed by atoms with Gasteiger partial charge in [-0.3, -0.25) is 0 Å². The number of nitrogens with zero attached hydrogens (tertiary/aromatic N) is 1. The molecule has 0 saturated carbocycles. The molecule has 0 fully saturated rings. The average molecular weight is 241 g/mol. The first-order valence-corrected chi connectivity index (χ1v) is 5.55. The summed E-state index contributed by atoms with van der Waals surface area (Å²) in [6.07, 6.45) is 3.45. The Labute approximate surface area is 96.5 Å². The standard InChI is InChI=1S/C10H9ClN2OS/c11-8-1-2-9(7(5-8)6-14)15-10-12-3-4-13-10/h1-5,14H,6H2,(H,12,13). The Morgan fingerprint density at radius 2 is 2.33 bits per heavy atom. The van der Waals surface area contributed by atoms with Gasteiger partial charge in [-0.2, -0.15) is 0 Å². The number of aliphatic hydroxyl groups is 1. The van der Waals surface area contributed by atoms with Crippen LogP contribution in [0.3, 0.4) is 0 Å².